The fourth-order valence-electron chi connectivity index (χ4n) is 2.14. The van der Waals surface area contributed by atoms with Crippen molar-refractivity contribution in [2.75, 3.05) is 5.32 Å². The third kappa shape index (κ3) is 3.98. The van der Waals surface area contributed by atoms with E-state index in [1.807, 2.05) is 31.2 Å². The van der Waals surface area contributed by atoms with E-state index in [9.17, 15) is 4.79 Å². The minimum absolute atomic E-state index is 0.208. The lowest BCUT2D eigenvalue weighted by molar-refractivity contribution is 0.102. The molecule has 0 atom stereocenters. The summed E-state index contributed by atoms with van der Waals surface area (Å²) in [6.07, 6.45) is 2.57. The van der Waals surface area contributed by atoms with Crippen LogP contribution in [-0.2, 0) is 13.0 Å². The van der Waals surface area contributed by atoms with Gasteiger partial charge in [0.25, 0.3) is 5.91 Å². The largest absolute Gasteiger partial charge is 0.487 e. The van der Waals surface area contributed by atoms with Crippen LogP contribution in [0.2, 0.25) is 0 Å². The van der Waals surface area contributed by atoms with Crippen molar-refractivity contribution >= 4 is 11.7 Å². The fraction of sp³-hybridized carbons (Fsp3) is 0.167. The second-order valence-electron chi connectivity index (χ2n) is 5.22. The van der Waals surface area contributed by atoms with E-state index < -0.39 is 0 Å². The summed E-state index contributed by atoms with van der Waals surface area (Å²) in [5.41, 5.74) is 2.37. The monoisotopic (exact) mass is 322 g/mol. The maximum atomic E-state index is 12.2. The van der Waals surface area contributed by atoms with Gasteiger partial charge in [-0.1, -0.05) is 13.0 Å². The molecule has 1 aromatic carbocycles. The van der Waals surface area contributed by atoms with Crippen molar-refractivity contribution in [2.24, 2.45) is 0 Å². The van der Waals surface area contributed by atoms with Crippen LogP contribution in [0.3, 0.4) is 0 Å². The fourth-order valence-corrected chi connectivity index (χ4v) is 2.14. The number of hydrogen-bond acceptors (Lipinski definition) is 4. The highest BCUT2D eigenvalue weighted by Gasteiger charge is 2.08. The molecule has 3 rings (SSSR count). The highest BCUT2D eigenvalue weighted by atomic mass is 16.5. The zero-order valence-corrected chi connectivity index (χ0v) is 13.3. The van der Waals surface area contributed by atoms with Gasteiger partial charge in [0.2, 0.25) is 0 Å². The number of benzene rings is 1. The van der Waals surface area contributed by atoms with Crippen molar-refractivity contribution in [3.63, 3.8) is 0 Å². The molecule has 0 radical (unpaired) electrons. The van der Waals surface area contributed by atoms with E-state index in [0.717, 1.165) is 17.8 Å². The number of aromatic nitrogens is 3. The van der Waals surface area contributed by atoms with E-state index in [4.69, 9.17) is 4.74 Å². The Bertz CT molecular complexity index is 797. The van der Waals surface area contributed by atoms with Crippen molar-refractivity contribution in [1.29, 1.82) is 0 Å². The SMILES string of the molecule is CCc1cc(NC(=O)c2ccc(OCc3ccccn3)cc2)n[nH]1. The number of aryl methyl sites for hydroxylation is 1. The van der Waals surface area contributed by atoms with E-state index in [-0.39, 0.29) is 5.91 Å². The van der Waals surface area contributed by atoms with Crippen LogP contribution in [0.4, 0.5) is 5.82 Å². The van der Waals surface area contributed by atoms with Gasteiger partial charge in [-0.15, -0.1) is 0 Å². The van der Waals surface area contributed by atoms with Gasteiger partial charge >= 0.3 is 0 Å². The molecule has 0 fully saturated rings. The first kappa shape index (κ1) is 15.7. The Balaban J connectivity index is 1.58. The van der Waals surface area contributed by atoms with Gasteiger partial charge in [-0.2, -0.15) is 5.10 Å². The standard InChI is InChI=1S/C18H18N4O2/c1-2-14-11-17(22-21-14)20-18(23)13-6-8-16(9-7-13)24-12-15-5-3-4-10-19-15/h3-11H,2,12H2,1H3,(H2,20,21,22,23). The van der Waals surface area contributed by atoms with Gasteiger partial charge in [0.1, 0.15) is 12.4 Å². The van der Waals surface area contributed by atoms with Gasteiger partial charge in [-0.25, -0.2) is 0 Å². The zero-order chi connectivity index (χ0) is 16.8. The van der Waals surface area contributed by atoms with Crippen molar-refractivity contribution < 1.29 is 9.53 Å². The lowest BCUT2D eigenvalue weighted by Crippen LogP contribution is -2.12. The molecular formula is C18H18N4O2. The van der Waals surface area contributed by atoms with Crippen LogP contribution >= 0.6 is 0 Å². The molecule has 6 heteroatoms. The number of hydrogen-bond donors (Lipinski definition) is 2. The van der Waals surface area contributed by atoms with Gasteiger partial charge in [0, 0.05) is 23.5 Å². The summed E-state index contributed by atoms with van der Waals surface area (Å²) in [6.45, 7) is 2.41. The third-order valence-corrected chi connectivity index (χ3v) is 3.48. The molecule has 122 valence electrons. The van der Waals surface area contributed by atoms with Gasteiger partial charge in [-0.3, -0.25) is 14.9 Å². The van der Waals surface area contributed by atoms with Crippen LogP contribution < -0.4 is 10.1 Å². The molecule has 0 saturated heterocycles. The summed E-state index contributed by atoms with van der Waals surface area (Å²) >= 11 is 0. The number of ether oxygens (including phenoxy) is 1. The summed E-state index contributed by atoms with van der Waals surface area (Å²) in [7, 11) is 0. The van der Waals surface area contributed by atoms with Crippen molar-refractivity contribution in [3.05, 3.63) is 71.7 Å². The molecule has 0 aliphatic rings. The first-order chi connectivity index (χ1) is 11.7. The number of amides is 1. The molecule has 2 aromatic heterocycles. The predicted octanol–water partition coefficient (Wildman–Crippen LogP) is 3.20. The average Bonchev–Trinajstić information content (AvgIpc) is 3.09. The Hall–Kier alpha value is -3.15. The first-order valence-electron chi connectivity index (χ1n) is 7.73. The molecule has 0 saturated carbocycles. The Labute approximate surface area is 139 Å². The highest BCUT2D eigenvalue weighted by molar-refractivity contribution is 6.03. The van der Waals surface area contributed by atoms with Gasteiger partial charge in [0.15, 0.2) is 5.82 Å². The van der Waals surface area contributed by atoms with Crippen LogP contribution in [0.1, 0.15) is 28.7 Å². The second kappa shape index (κ2) is 7.41. The predicted molar refractivity (Wildman–Crippen MR) is 90.9 cm³/mol. The normalized spacial score (nSPS) is 10.4. The van der Waals surface area contributed by atoms with E-state index in [1.165, 1.54) is 0 Å². The Morgan fingerprint density at radius 2 is 2.04 bits per heavy atom. The number of rotatable bonds is 6. The second-order valence-corrected chi connectivity index (χ2v) is 5.22. The van der Waals surface area contributed by atoms with E-state index in [2.05, 4.69) is 20.5 Å². The maximum Gasteiger partial charge on any atom is 0.256 e. The van der Waals surface area contributed by atoms with E-state index in [1.54, 1.807) is 30.5 Å². The maximum absolute atomic E-state index is 12.2. The van der Waals surface area contributed by atoms with Crippen LogP contribution in [0.15, 0.2) is 54.7 Å². The lowest BCUT2D eigenvalue weighted by Gasteiger charge is -2.07. The molecule has 0 aliphatic carbocycles. The molecule has 24 heavy (non-hydrogen) atoms. The number of H-pyrrole nitrogens is 1. The van der Waals surface area contributed by atoms with E-state index >= 15 is 0 Å². The molecule has 0 bridgehead atoms. The Kier molecular flexibility index (Phi) is 4.86. The molecule has 2 heterocycles. The van der Waals surface area contributed by atoms with Crippen molar-refractivity contribution in [2.45, 2.75) is 20.0 Å². The molecule has 6 nitrogen and oxygen atoms in total. The highest BCUT2D eigenvalue weighted by Crippen LogP contribution is 2.15. The van der Waals surface area contributed by atoms with Crippen LogP contribution in [0, 0.1) is 0 Å². The van der Waals surface area contributed by atoms with Gasteiger partial charge in [0.05, 0.1) is 5.69 Å². The Morgan fingerprint density at radius 3 is 2.71 bits per heavy atom. The van der Waals surface area contributed by atoms with Crippen molar-refractivity contribution in [1.82, 2.24) is 15.2 Å². The summed E-state index contributed by atoms with van der Waals surface area (Å²) in [5.74, 6) is 0.998. The summed E-state index contributed by atoms with van der Waals surface area (Å²) < 4.78 is 5.65. The summed E-state index contributed by atoms with van der Waals surface area (Å²) in [6, 6.07) is 14.5. The molecule has 1 amide bonds. The Morgan fingerprint density at radius 1 is 1.21 bits per heavy atom. The molecular weight excluding hydrogens is 304 g/mol. The molecule has 0 spiro atoms. The summed E-state index contributed by atoms with van der Waals surface area (Å²) in [5, 5.41) is 9.67. The number of carbonyl (C=O) groups excluding carboxylic acids is 1. The number of nitrogens with zero attached hydrogens (tertiary/aromatic N) is 2. The first-order valence-corrected chi connectivity index (χ1v) is 7.73. The van der Waals surface area contributed by atoms with Gasteiger partial charge < -0.3 is 10.1 Å². The van der Waals surface area contributed by atoms with Crippen LogP contribution in [0.5, 0.6) is 5.75 Å². The number of anilines is 1. The number of pyridine rings is 1. The molecule has 0 aliphatic heterocycles. The van der Waals surface area contributed by atoms with Crippen molar-refractivity contribution in [3.8, 4) is 5.75 Å². The van der Waals surface area contributed by atoms with Crippen LogP contribution in [0.25, 0.3) is 0 Å². The quantitative estimate of drug-likeness (QED) is 0.730. The van der Waals surface area contributed by atoms with Crippen LogP contribution in [-0.4, -0.2) is 21.1 Å². The molecule has 0 unspecified atom stereocenters. The minimum atomic E-state index is -0.208. The lowest BCUT2D eigenvalue weighted by atomic mass is 10.2. The smallest absolute Gasteiger partial charge is 0.256 e. The number of aromatic amines is 1. The summed E-state index contributed by atoms with van der Waals surface area (Å²) in [4.78, 5) is 16.4. The molecule has 2 N–H and O–H groups in total. The zero-order valence-electron chi connectivity index (χ0n) is 13.3. The number of nitrogens with one attached hydrogen (secondary N) is 2. The third-order valence-electron chi connectivity index (χ3n) is 3.48. The minimum Gasteiger partial charge on any atom is -0.487 e. The average molecular weight is 322 g/mol. The van der Waals surface area contributed by atoms with E-state index in [0.29, 0.717) is 23.7 Å². The number of carbonyl (C=O) groups is 1. The van der Waals surface area contributed by atoms with Gasteiger partial charge in [-0.05, 0) is 42.8 Å². The molecule has 3 aromatic rings. The topological polar surface area (TPSA) is 79.9 Å².